The maximum Gasteiger partial charge on any atom is 0.0758 e. The minimum atomic E-state index is 0.369. The van der Waals surface area contributed by atoms with E-state index in [1.165, 1.54) is 29.3 Å². The number of hydrogen-bond donors (Lipinski definition) is 1. The van der Waals surface area contributed by atoms with E-state index in [2.05, 4.69) is 47.3 Å². The fourth-order valence-corrected chi connectivity index (χ4v) is 3.06. The molecule has 102 valence electrons. The molecule has 3 rings (SSSR count). The standard InChI is InChI=1S/C16H22N2O/c1-12-6-7-15(19-12)11-18-9-8-13-4-3-5-14(10-17-2)16(13)18/h3-5,8-9,12,15,17H,6-7,10-11H2,1-2H3. The Morgan fingerprint density at radius 3 is 2.95 bits per heavy atom. The minimum Gasteiger partial charge on any atom is -0.373 e. The third-order valence-electron chi connectivity index (χ3n) is 3.96. The van der Waals surface area contributed by atoms with Crippen molar-refractivity contribution in [3.63, 3.8) is 0 Å². The SMILES string of the molecule is CNCc1cccc2ccn(CC3CCC(C)O3)c12. The Balaban J connectivity index is 1.90. The number of benzene rings is 1. The zero-order chi connectivity index (χ0) is 13.2. The molecule has 2 unspecified atom stereocenters. The van der Waals surface area contributed by atoms with E-state index in [0.717, 1.165) is 13.1 Å². The first kappa shape index (κ1) is 12.7. The third-order valence-corrected chi connectivity index (χ3v) is 3.96. The molecule has 3 heteroatoms. The monoisotopic (exact) mass is 258 g/mol. The Hall–Kier alpha value is -1.32. The van der Waals surface area contributed by atoms with Gasteiger partial charge in [-0.25, -0.2) is 0 Å². The van der Waals surface area contributed by atoms with E-state index in [1.54, 1.807) is 0 Å². The second-order valence-electron chi connectivity index (χ2n) is 5.50. The third kappa shape index (κ3) is 2.53. The van der Waals surface area contributed by atoms with Gasteiger partial charge in [-0.15, -0.1) is 0 Å². The summed E-state index contributed by atoms with van der Waals surface area (Å²) in [6, 6.07) is 8.72. The molecule has 1 aromatic heterocycles. The van der Waals surface area contributed by atoms with Crippen molar-refractivity contribution in [1.29, 1.82) is 0 Å². The van der Waals surface area contributed by atoms with Gasteiger partial charge in [0.05, 0.1) is 17.7 Å². The Morgan fingerprint density at radius 2 is 2.21 bits per heavy atom. The van der Waals surface area contributed by atoms with Gasteiger partial charge >= 0.3 is 0 Å². The van der Waals surface area contributed by atoms with Gasteiger partial charge in [-0.1, -0.05) is 18.2 Å². The van der Waals surface area contributed by atoms with Crippen LogP contribution in [0.1, 0.15) is 25.3 Å². The van der Waals surface area contributed by atoms with E-state index in [0.29, 0.717) is 12.2 Å². The smallest absolute Gasteiger partial charge is 0.0758 e. The number of nitrogens with zero attached hydrogens (tertiary/aromatic N) is 1. The molecule has 0 radical (unpaired) electrons. The van der Waals surface area contributed by atoms with Crippen molar-refractivity contribution in [3.8, 4) is 0 Å². The van der Waals surface area contributed by atoms with Gasteiger partial charge in [-0.05, 0) is 43.8 Å². The van der Waals surface area contributed by atoms with Crippen LogP contribution in [0.25, 0.3) is 10.9 Å². The van der Waals surface area contributed by atoms with Gasteiger partial charge in [-0.2, -0.15) is 0 Å². The molecule has 2 heterocycles. The topological polar surface area (TPSA) is 26.2 Å². The molecule has 0 spiro atoms. The van der Waals surface area contributed by atoms with Crippen LogP contribution in [-0.2, 0) is 17.8 Å². The minimum absolute atomic E-state index is 0.369. The summed E-state index contributed by atoms with van der Waals surface area (Å²) < 4.78 is 8.30. The summed E-state index contributed by atoms with van der Waals surface area (Å²) in [5.41, 5.74) is 2.70. The van der Waals surface area contributed by atoms with Crippen molar-refractivity contribution >= 4 is 10.9 Å². The van der Waals surface area contributed by atoms with Crippen LogP contribution in [-0.4, -0.2) is 23.8 Å². The van der Waals surface area contributed by atoms with E-state index in [4.69, 9.17) is 4.74 Å². The first-order chi connectivity index (χ1) is 9.28. The van der Waals surface area contributed by atoms with E-state index in [9.17, 15) is 0 Å². The molecule has 1 aliphatic rings. The predicted molar refractivity (Wildman–Crippen MR) is 78.3 cm³/mol. The lowest BCUT2D eigenvalue weighted by molar-refractivity contribution is 0.0465. The van der Waals surface area contributed by atoms with Crippen molar-refractivity contribution in [1.82, 2.24) is 9.88 Å². The molecule has 1 fully saturated rings. The fourth-order valence-electron chi connectivity index (χ4n) is 3.06. The van der Waals surface area contributed by atoms with Gasteiger partial charge in [0.15, 0.2) is 0 Å². The maximum atomic E-state index is 5.95. The normalized spacial score (nSPS) is 23.3. The molecule has 0 amide bonds. The van der Waals surface area contributed by atoms with E-state index >= 15 is 0 Å². The van der Waals surface area contributed by atoms with Crippen molar-refractivity contribution < 1.29 is 4.74 Å². The lowest BCUT2D eigenvalue weighted by atomic mass is 10.1. The number of hydrogen-bond acceptors (Lipinski definition) is 2. The second kappa shape index (κ2) is 5.35. The van der Waals surface area contributed by atoms with Crippen LogP contribution in [0.15, 0.2) is 30.5 Å². The highest BCUT2D eigenvalue weighted by Gasteiger charge is 2.22. The van der Waals surface area contributed by atoms with Crippen LogP contribution in [0.3, 0.4) is 0 Å². The lowest BCUT2D eigenvalue weighted by Crippen LogP contribution is -2.16. The van der Waals surface area contributed by atoms with Crippen LogP contribution < -0.4 is 5.32 Å². The summed E-state index contributed by atoms with van der Waals surface area (Å²) in [5.74, 6) is 0. The number of para-hydroxylation sites is 1. The van der Waals surface area contributed by atoms with Crippen LogP contribution in [0.5, 0.6) is 0 Å². The average molecular weight is 258 g/mol. The first-order valence-corrected chi connectivity index (χ1v) is 7.14. The van der Waals surface area contributed by atoms with Crippen molar-refractivity contribution in [2.45, 2.75) is 45.1 Å². The predicted octanol–water partition coefficient (Wildman–Crippen LogP) is 2.93. The van der Waals surface area contributed by atoms with Crippen molar-refractivity contribution in [2.24, 2.45) is 0 Å². The zero-order valence-corrected chi connectivity index (χ0v) is 11.7. The summed E-state index contributed by atoms with van der Waals surface area (Å²) >= 11 is 0. The number of ether oxygens (including phenoxy) is 1. The molecular formula is C16H22N2O. The first-order valence-electron chi connectivity index (χ1n) is 7.14. The summed E-state index contributed by atoms with van der Waals surface area (Å²) in [4.78, 5) is 0. The zero-order valence-electron chi connectivity index (χ0n) is 11.7. The van der Waals surface area contributed by atoms with Crippen molar-refractivity contribution in [3.05, 3.63) is 36.0 Å². The van der Waals surface area contributed by atoms with Gasteiger partial charge in [0.1, 0.15) is 0 Å². The van der Waals surface area contributed by atoms with Crippen LogP contribution in [0.4, 0.5) is 0 Å². The Kier molecular flexibility index (Phi) is 3.58. The quantitative estimate of drug-likeness (QED) is 0.912. The highest BCUT2D eigenvalue weighted by molar-refractivity contribution is 5.83. The molecule has 1 saturated heterocycles. The van der Waals surface area contributed by atoms with Gasteiger partial charge < -0.3 is 14.6 Å². The van der Waals surface area contributed by atoms with E-state index in [1.807, 2.05) is 7.05 Å². The van der Waals surface area contributed by atoms with Gasteiger partial charge in [-0.3, -0.25) is 0 Å². The average Bonchev–Trinajstić information content (AvgIpc) is 2.98. The number of aromatic nitrogens is 1. The molecule has 3 nitrogen and oxygen atoms in total. The van der Waals surface area contributed by atoms with Crippen molar-refractivity contribution in [2.75, 3.05) is 7.05 Å². The Bertz CT molecular complexity index is 561. The molecule has 19 heavy (non-hydrogen) atoms. The van der Waals surface area contributed by atoms with Gasteiger partial charge in [0.2, 0.25) is 0 Å². The highest BCUT2D eigenvalue weighted by Crippen LogP contribution is 2.25. The lowest BCUT2D eigenvalue weighted by Gasteiger charge is -2.15. The highest BCUT2D eigenvalue weighted by atomic mass is 16.5. The Labute approximate surface area is 114 Å². The summed E-state index contributed by atoms with van der Waals surface area (Å²) in [7, 11) is 1.99. The van der Waals surface area contributed by atoms with Crippen LogP contribution in [0, 0.1) is 0 Å². The molecule has 0 saturated carbocycles. The van der Waals surface area contributed by atoms with E-state index in [-0.39, 0.29) is 0 Å². The number of fused-ring (bicyclic) bond motifs is 1. The Morgan fingerprint density at radius 1 is 1.32 bits per heavy atom. The second-order valence-corrected chi connectivity index (χ2v) is 5.50. The summed E-state index contributed by atoms with van der Waals surface area (Å²) in [5, 5.41) is 4.57. The molecule has 1 aliphatic heterocycles. The molecule has 0 bridgehead atoms. The van der Waals surface area contributed by atoms with Crippen LogP contribution >= 0.6 is 0 Å². The van der Waals surface area contributed by atoms with Gasteiger partial charge in [0.25, 0.3) is 0 Å². The van der Waals surface area contributed by atoms with E-state index < -0.39 is 0 Å². The summed E-state index contributed by atoms with van der Waals surface area (Å²) in [6.07, 6.45) is 5.34. The molecule has 0 aliphatic carbocycles. The molecule has 2 atom stereocenters. The molecular weight excluding hydrogens is 236 g/mol. The largest absolute Gasteiger partial charge is 0.373 e. The maximum absolute atomic E-state index is 5.95. The van der Waals surface area contributed by atoms with Crippen LogP contribution in [0.2, 0.25) is 0 Å². The molecule has 2 aromatic rings. The number of nitrogens with one attached hydrogen (secondary N) is 1. The number of rotatable bonds is 4. The van der Waals surface area contributed by atoms with Gasteiger partial charge in [0, 0.05) is 19.3 Å². The summed E-state index contributed by atoms with van der Waals surface area (Å²) in [6.45, 7) is 4.04. The molecule has 1 N–H and O–H groups in total. The molecule has 1 aromatic carbocycles. The fraction of sp³-hybridized carbons (Fsp3) is 0.500.